The molecule has 0 fully saturated rings. The van der Waals surface area contributed by atoms with E-state index >= 15 is 0 Å². The highest BCUT2D eigenvalue weighted by Crippen LogP contribution is 2.15. The van der Waals surface area contributed by atoms with Crippen LogP contribution in [0.4, 0.5) is 0 Å². The Morgan fingerprint density at radius 2 is 1.27 bits per heavy atom. The maximum Gasteiger partial charge on any atom is 0.0936 e. The Labute approximate surface area is 69.9 Å². The molecule has 0 N–H and O–H groups in total. The van der Waals surface area contributed by atoms with Crippen molar-refractivity contribution in [3.8, 4) is 0 Å². The Balaban J connectivity index is 3.13. The van der Waals surface area contributed by atoms with E-state index in [0.29, 0.717) is 0 Å². The van der Waals surface area contributed by atoms with Crippen molar-refractivity contribution in [2.75, 3.05) is 14.2 Å². The predicted molar refractivity (Wildman–Crippen MR) is 45.7 cm³/mol. The maximum atomic E-state index is 5.03. The molecular formula is C9H18O2. The normalized spacial score (nSPS) is 11.5. The van der Waals surface area contributed by atoms with Crippen molar-refractivity contribution in [2.24, 2.45) is 0 Å². The number of ether oxygens (including phenoxy) is 2. The van der Waals surface area contributed by atoms with Crippen LogP contribution in [-0.2, 0) is 9.47 Å². The summed E-state index contributed by atoms with van der Waals surface area (Å²) in [5.74, 6) is 0. The Morgan fingerprint density at radius 1 is 0.909 bits per heavy atom. The number of hydrogen-bond donors (Lipinski definition) is 0. The smallest absolute Gasteiger partial charge is 0.0936 e. The van der Waals surface area contributed by atoms with Crippen LogP contribution in [0.3, 0.4) is 0 Å². The third kappa shape index (κ3) is 6.32. The Kier molecular flexibility index (Phi) is 6.57. The van der Waals surface area contributed by atoms with Gasteiger partial charge in [-0.2, -0.15) is 0 Å². The molecule has 0 heterocycles. The predicted octanol–water partition coefficient (Wildman–Crippen LogP) is 2.55. The van der Waals surface area contributed by atoms with Crippen LogP contribution in [-0.4, -0.2) is 14.2 Å². The van der Waals surface area contributed by atoms with Crippen LogP contribution in [0.5, 0.6) is 0 Å². The third-order valence-corrected chi connectivity index (χ3v) is 1.75. The largest absolute Gasteiger partial charge is 0.376 e. The first-order chi connectivity index (χ1) is 5.20. The van der Waals surface area contributed by atoms with Crippen LogP contribution in [0, 0.1) is 12.2 Å². The molecule has 0 bridgehead atoms. The summed E-state index contributed by atoms with van der Waals surface area (Å²) in [4.78, 5) is 0. The van der Waals surface area contributed by atoms with Gasteiger partial charge in [-0.1, -0.05) is 0 Å². The molecule has 11 heavy (non-hydrogen) atoms. The molecule has 0 unspecified atom stereocenters. The number of methoxy groups -OCH3 is 2. The van der Waals surface area contributed by atoms with Gasteiger partial charge in [-0.3, -0.25) is 0 Å². The van der Waals surface area contributed by atoms with E-state index < -0.39 is 0 Å². The van der Waals surface area contributed by atoms with Gasteiger partial charge >= 0.3 is 0 Å². The SMILES string of the molecule is CO[C](C)CCC[C](C)OC. The zero-order valence-electron chi connectivity index (χ0n) is 7.94. The van der Waals surface area contributed by atoms with Crippen LogP contribution >= 0.6 is 0 Å². The fourth-order valence-electron chi connectivity index (χ4n) is 0.790. The minimum absolute atomic E-state index is 1.02. The third-order valence-electron chi connectivity index (χ3n) is 1.75. The first kappa shape index (κ1) is 10.9. The molecule has 2 nitrogen and oxygen atoms in total. The highest BCUT2D eigenvalue weighted by Gasteiger charge is 2.03. The minimum Gasteiger partial charge on any atom is -0.376 e. The molecule has 2 radical (unpaired) electrons. The van der Waals surface area contributed by atoms with E-state index in [4.69, 9.17) is 9.47 Å². The van der Waals surface area contributed by atoms with Crippen LogP contribution < -0.4 is 0 Å². The highest BCUT2D eigenvalue weighted by atomic mass is 16.5. The Morgan fingerprint density at radius 3 is 1.55 bits per heavy atom. The topological polar surface area (TPSA) is 18.5 Å². The fourth-order valence-corrected chi connectivity index (χ4v) is 0.790. The van der Waals surface area contributed by atoms with E-state index in [2.05, 4.69) is 0 Å². The molecule has 2 heteroatoms. The van der Waals surface area contributed by atoms with Crippen molar-refractivity contribution in [1.29, 1.82) is 0 Å². The van der Waals surface area contributed by atoms with Crippen molar-refractivity contribution in [1.82, 2.24) is 0 Å². The molecule has 0 amide bonds. The zero-order valence-corrected chi connectivity index (χ0v) is 7.94. The van der Waals surface area contributed by atoms with Crippen LogP contribution in [0.2, 0.25) is 0 Å². The molecule has 0 saturated heterocycles. The van der Waals surface area contributed by atoms with Crippen LogP contribution in [0.1, 0.15) is 33.1 Å². The second-order valence-corrected chi connectivity index (χ2v) is 2.67. The molecule has 0 aliphatic rings. The van der Waals surface area contributed by atoms with E-state index in [1.54, 1.807) is 14.2 Å². The second-order valence-electron chi connectivity index (χ2n) is 2.67. The van der Waals surface area contributed by atoms with Gasteiger partial charge in [0.05, 0.1) is 12.2 Å². The van der Waals surface area contributed by atoms with E-state index in [0.717, 1.165) is 31.5 Å². The molecule has 66 valence electrons. The molecular weight excluding hydrogens is 140 g/mol. The lowest BCUT2D eigenvalue weighted by atomic mass is 10.1. The monoisotopic (exact) mass is 158 g/mol. The molecule has 0 saturated carbocycles. The summed E-state index contributed by atoms with van der Waals surface area (Å²) in [6, 6.07) is 0. The molecule has 0 aliphatic heterocycles. The van der Waals surface area contributed by atoms with E-state index in [1.165, 1.54) is 0 Å². The molecule has 0 aromatic heterocycles. The summed E-state index contributed by atoms with van der Waals surface area (Å²) in [7, 11) is 3.42. The van der Waals surface area contributed by atoms with Crippen molar-refractivity contribution >= 4 is 0 Å². The van der Waals surface area contributed by atoms with Gasteiger partial charge in [-0.25, -0.2) is 0 Å². The van der Waals surface area contributed by atoms with Crippen molar-refractivity contribution in [3.05, 3.63) is 12.2 Å². The van der Waals surface area contributed by atoms with Crippen molar-refractivity contribution < 1.29 is 9.47 Å². The lowest BCUT2D eigenvalue weighted by molar-refractivity contribution is 0.183. The quantitative estimate of drug-likeness (QED) is 0.591. The summed E-state index contributed by atoms with van der Waals surface area (Å²) in [5, 5.41) is 0. The Bertz CT molecular complexity index is 73.6. The highest BCUT2D eigenvalue weighted by molar-refractivity contribution is 4.75. The van der Waals surface area contributed by atoms with Gasteiger partial charge in [-0.15, -0.1) is 0 Å². The molecule has 0 rings (SSSR count). The summed E-state index contributed by atoms with van der Waals surface area (Å²) >= 11 is 0. The average Bonchev–Trinajstić information content (AvgIpc) is 2.04. The summed E-state index contributed by atoms with van der Waals surface area (Å²) in [6.07, 6.45) is 5.34. The van der Waals surface area contributed by atoms with E-state index in [1.807, 2.05) is 13.8 Å². The van der Waals surface area contributed by atoms with Crippen molar-refractivity contribution in [2.45, 2.75) is 33.1 Å². The molecule has 0 aliphatic carbocycles. The van der Waals surface area contributed by atoms with E-state index in [-0.39, 0.29) is 0 Å². The minimum atomic E-state index is 1.02. The van der Waals surface area contributed by atoms with Gasteiger partial charge in [0.2, 0.25) is 0 Å². The average molecular weight is 158 g/mol. The van der Waals surface area contributed by atoms with Crippen molar-refractivity contribution in [3.63, 3.8) is 0 Å². The van der Waals surface area contributed by atoms with Gasteiger partial charge in [0.1, 0.15) is 0 Å². The van der Waals surface area contributed by atoms with Gasteiger partial charge < -0.3 is 9.47 Å². The van der Waals surface area contributed by atoms with Crippen LogP contribution in [0.15, 0.2) is 0 Å². The lowest BCUT2D eigenvalue weighted by Gasteiger charge is -2.10. The molecule has 0 aromatic carbocycles. The van der Waals surface area contributed by atoms with Gasteiger partial charge in [0, 0.05) is 14.2 Å². The summed E-state index contributed by atoms with van der Waals surface area (Å²) in [5.41, 5.74) is 0. The lowest BCUT2D eigenvalue weighted by Crippen LogP contribution is -1.98. The number of hydrogen-bond acceptors (Lipinski definition) is 2. The summed E-state index contributed by atoms with van der Waals surface area (Å²) < 4.78 is 10.1. The zero-order chi connectivity index (χ0) is 8.69. The number of rotatable bonds is 6. The van der Waals surface area contributed by atoms with Crippen LogP contribution in [0.25, 0.3) is 0 Å². The first-order valence-electron chi connectivity index (χ1n) is 3.93. The van der Waals surface area contributed by atoms with E-state index in [9.17, 15) is 0 Å². The van der Waals surface area contributed by atoms with Gasteiger partial charge in [-0.05, 0) is 33.1 Å². The molecule has 0 spiro atoms. The second kappa shape index (κ2) is 6.62. The molecule has 0 aromatic rings. The van der Waals surface area contributed by atoms with Gasteiger partial charge in [0.15, 0.2) is 0 Å². The van der Waals surface area contributed by atoms with Gasteiger partial charge in [0.25, 0.3) is 0 Å². The maximum absolute atomic E-state index is 5.03. The summed E-state index contributed by atoms with van der Waals surface area (Å²) in [6.45, 7) is 4.00. The molecule has 0 atom stereocenters. The first-order valence-corrected chi connectivity index (χ1v) is 3.93. The Hall–Kier alpha value is -0.0800. The fraction of sp³-hybridized carbons (Fsp3) is 0.778. The standard InChI is InChI=1S/C9H18O2/c1-8(10-3)6-5-7-9(2)11-4/h5-7H2,1-4H3.